The van der Waals surface area contributed by atoms with Crippen LogP contribution in [0.1, 0.15) is 16.2 Å². The molecule has 0 unspecified atom stereocenters. The Kier molecular flexibility index (Phi) is 4.33. The molecule has 3 rings (SSSR count). The third-order valence-electron chi connectivity index (χ3n) is 3.11. The van der Waals surface area contributed by atoms with Crippen molar-refractivity contribution in [1.29, 1.82) is 0 Å². The number of aromatic nitrogens is 5. The Balaban J connectivity index is 1.96. The molecule has 3 aromatic rings. The Morgan fingerprint density at radius 2 is 1.64 bits per heavy atom. The molecule has 25 heavy (non-hydrogen) atoms. The van der Waals surface area contributed by atoms with Gasteiger partial charge in [0, 0.05) is 35.3 Å². The molecule has 0 saturated carbocycles. The number of carbonyl (C=O) groups excluding carboxylic acids is 1. The maximum absolute atomic E-state index is 12.6. The van der Waals surface area contributed by atoms with Gasteiger partial charge in [-0.25, -0.2) is 24.9 Å². The minimum atomic E-state index is -4.63. The smallest absolute Gasteiger partial charge is 0.338 e. The molecule has 0 saturated heterocycles. The number of hydrogen-bond donors (Lipinski definition) is 1. The van der Waals surface area contributed by atoms with Crippen molar-refractivity contribution in [2.45, 2.75) is 6.18 Å². The summed E-state index contributed by atoms with van der Waals surface area (Å²) >= 11 is 0. The zero-order valence-corrected chi connectivity index (χ0v) is 12.4. The van der Waals surface area contributed by atoms with Crippen molar-refractivity contribution >= 4 is 17.8 Å². The van der Waals surface area contributed by atoms with Gasteiger partial charge in [0.1, 0.15) is 12.1 Å². The van der Waals surface area contributed by atoms with Crippen LogP contribution >= 0.6 is 0 Å². The van der Waals surface area contributed by atoms with Crippen molar-refractivity contribution in [2.24, 2.45) is 0 Å². The molecule has 10 heteroatoms. The molecule has 1 N–H and O–H groups in total. The van der Waals surface area contributed by atoms with Gasteiger partial charge in [0.15, 0.2) is 6.29 Å². The first-order valence-electron chi connectivity index (χ1n) is 6.84. The van der Waals surface area contributed by atoms with Crippen LogP contribution in [0.3, 0.4) is 0 Å². The predicted molar refractivity (Wildman–Crippen MR) is 81.0 cm³/mol. The molecule has 0 aliphatic heterocycles. The summed E-state index contributed by atoms with van der Waals surface area (Å²) < 4.78 is 37.7. The van der Waals surface area contributed by atoms with Gasteiger partial charge in [-0.3, -0.25) is 4.79 Å². The number of alkyl halides is 3. The number of rotatable bonds is 4. The molecule has 0 fully saturated rings. The molecule has 126 valence electrons. The monoisotopic (exact) mass is 346 g/mol. The van der Waals surface area contributed by atoms with Crippen LogP contribution < -0.4 is 5.32 Å². The van der Waals surface area contributed by atoms with E-state index in [1.165, 1.54) is 31.0 Å². The van der Waals surface area contributed by atoms with E-state index in [9.17, 15) is 18.0 Å². The fourth-order valence-electron chi connectivity index (χ4n) is 2.00. The predicted octanol–water partition coefficient (Wildman–Crippen LogP) is 2.90. The van der Waals surface area contributed by atoms with Crippen molar-refractivity contribution in [2.75, 3.05) is 5.32 Å². The fraction of sp³-hybridized carbons (Fsp3) is 0.0667. The third kappa shape index (κ3) is 3.74. The van der Waals surface area contributed by atoms with Gasteiger partial charge in [-0.2, -0.15) is 13.2 Å². The first-order chi connectivity index (χ1) is 12.0. The molecule has 3 heterocycles. The minimum absolute atomic E-state index is 0.193. The highest BCUT2D eigenvalue weighted by atomic mass is 19.4. The van der Waals surface area contributed by atoms with Gasteiger partial charge in [-0.05, 0) is 6.07 Å². The quantitative estimate of drug-likeness (QED) is 0.726. The molecule has 0 aromatic carbocycles. The normalized spacial score (nSPS) is 11.2. The number of pyridine rings is 1. The lowest BCUT2D eigenvalue weighted by atomic mass is 10.1. The number of nitrogens with one attached hydrogen (secondary N) is 1. The molecule has 0 bridgehead atoms. The maximum Gasteiger partial charge on any atom is 0.451 e. The van der Waals surface area contributed by atoms with E-state index < -0.39 is 12.0 Å². The molecule has 0 radical (unpaired) electrons. The summed E-state index contributed by atoms with van der Waals surface area (Å²) in [6.07, 6.45) is 3.62. The molecular weight excluding hydrogens is 337 g/mol. The number of nitrogens with zero attached hydrogens (tertiary/aromatic N) is 5. The first-order valence-corrected chi connectivity index (χ1v) is 6.84. The van der Waals surface area contributed by atoms with Crippen molar-refractivity contribution in [3.05, 3.63) is 54.8 Å². The summed E-state index contributed by atoms with van der Waals surface area (Å²) in [6, 6.07) is 1.50. The van der Waals surface area contributed by atoms with Crippen LogP contribution in [0.2, 0.25) is 0 Å². The molecule has 0 aliphatic rings. The Labute approximate surface area is 139 Å². The fourth-order valence-corrected chi connectivity index (χ4v) is 2.00. The van der Waals surface area contributed by atoms with Crippen molar-refractivity contribution < 1.29 is 18.0 Å². The summed E-state index contributed by atoms with van der Waals surface area (Å²) in [4.78, 5) is 29.6. The zero-order chi connectivity index (χ0) is 17.9. The van der Waals surface area contributed by atoms with Gasteiger partial charge >= 0.3 is 6.18 Å². The average Bonchev–Trinajstić information content (AvgIpc) is 2.62. The van der Waals surface area contributed by atoms with Gasteiger partial charge in [-0.1, -0.05) is 0 Å². The largest absolute Gasteiger partial charge is 0.451 e. The van der Waals surface area contributed by atoms with Crippen LogP contribution in [-0.4, -0.2) is 31.2 Å². The van der Waals surface area contributed by atoms with E-state index in [1.807, 2.05) is 0 Å². The Hall–Kier alpha value is -3.43. The summed E-state index contributed by atoms with van der Waals surface area (Å²) in [5.41, 5.74) is 1.35. The summed E-state index contributed by atoms with van der Waals surface area (Å²) in [6.45, 7) is 0. The maximum atomic E-state index is 12.6. The summed E-state index contributed by atoms with van der Waals surface area (Å²) in [5.74, 6) is -0.895. The van der Waals surface area contributed by atoms with Crippen molar-refractivity contribution in [3.63, 3.8) is 0 Å². The van der Waals surface area contributed by atoms with E-state index in [2.05, 4.69) is 30.2 Å². The van der Waals surface area contributed by atoms with Gasteiger partial charge in [0.2, 0.25) is 5.82 Å². The topological polar surface area (TPSA) is 93.6 Å². The molecule has 3 aromatic heterocycles. The first kappa shape index (κ1) is 16.4. The summed E-state index contributed by atoms with van der Waals surface area (Å²) in [7, 11) is 0. The van der Waals surface area contributed by atoms with E-state index in [0.29, 0.717) is 23.4 Å². The lowest BCUT2D eigenvalue weighted by Gasteiger charge is -2.10. The number of aldehydes is 1. The Morgan fingerprint density at radius 1 is 0.960 bits per heavy atom. The lowest BCUT2D eigenvalue weighted by Crippen LogP contribution is -2.10. The van der Waals surface area contributed by atoms with Gasteiger partial charge < -0.3 is 5.32 Å². The van der Waals surface area contributed by atoms with Crippen LogP contribution in [0.25, 0.3) is 11.1 Å². The highest BCUT2D eigenvalue weighted by molar-refractivity contribution is 5.88. The third-order valence-corrected chi connectivity index (χ3v) is 3.11. The van der Waals surface area contributed by atoms with Gasteiger partial charge in [-0.15, -0.1) is 0 Å². The van der Waals surface area contributed by atoms with Gasteiger partial charge in [0.05, 0.1) is 18.1 Å². The molecule has 0 aliphatic carbocycles. The second-order valence-corrected chi connectivity index (χ2v) is 4.82. The molecule has 0 amide bonds. The van der Waals surface area contributed by atoms with E-state index in [-0.39, 0.29) is 11.1 Å². The summed E-state index contributed by atoms with van der Waals surface area (Å²) in [5, 5.41) is 2.93. The highest BCUT2D eigenvalue weighted by Gasteiger charge is 2.34. The Morgan fingerprint density at radius 3 is 2.24 bits per heavy atom. The number of anilines is 2. The number of halogens is 3. The van der Waals surface area contributed by atoms with Crippen LogP contribution in [0.15, 0.2) is 43.4 Å². The SMILES string of the molecule is O=Cc1cnc(Nc2cncnc2)cc1-c1cnc(C(F)(F)F)nc1. The zero-order valence-electron chi connectivity index (χ0n) is 12.4. The second-order valence-electron chi connectivity index (χ2n) is 4.82. The van der Waals surface area contributed by atoms with Crippen LogP contribution in [0.5, 0.6) is 0 Å². The van der Waals surface area contributed by atoms with Crippen molar-refractivity contribution in [3.8, 4) is 11.1 Å². The van der Waals surface area contributed by atoms with Crippen LogP contribution in [0, 0.1) is 0 Å². The standard InChI is InChI=1S/C15H9F3N6O/c16-15(17,18)14-22-2-9(3-23-14)12-1-13(21-4-10(12)7-25)24-11-5-19-8-20-6-11/h1-8H,(H,21,24). The van der Waals surface area contributed by atoms with E-state index in [1.54, 1.807) is 0 Å². The van der Waals surface area contributed by atoms with Crippen LogP contribution in [0.4, 0.5) is 24.7 Å². The van der Waals surface area contributed by atoms with E-state index in [4.69, 9.17) is 0 Å². The molecular formula is C15H9F3N6O. The van der Waals surface area contributed by atoms with Gasteiger partial charge in [0.25, 0.3) is 0 Å². The second kappa shape index (κ2) is 6.59. The minimum Gasteiger partial charge on any atom is -0.338 e. The van der Waals surface area contributed by atoms with Crippen molar-refractivity contribution in [1.82, 2.24) is 24.9 Å². The molecule has 0 atom stereocenters. The Bertz CT molecular complexity index is 884. The number of carbonyl (C=O) groups is 1. The highest BCUT2D eigenvalue weighted by Crippen LogP contribution is 2.29. The van der Waals surface area contributed by atoms with E-state index in [0.717, 1.165) is 12.4 Å². The molecule has 0 spiro atoms. The number of hydrogen-bond acceptors (Lipinski definition) is 7. The lowest BCUT2D eigenvalue weighted by molar-refractivity contribution is -0.144. The van der Waals surface area contributed by atoms with Crippen LogP contribution in [-0.2, 0) is 6.18 Å². The van der Waals surface area contributed by atoms with E-state index >= 15 is 0 Å². The molecule has 7 nitrogen and oxygen atoms in total. The average molecular weight is 346 g/mol.